The molecule has 1 N–H and O–H groups in total. The third kappa shape index (κ3) is 4.03. The molecule has 0 aliphatic rings. The molecule has 6 nitrogen and oxygen atoms in total. The van der Waals surface area contributed by atoms with Crippen molar-refractivity contribution in [1.82, 2.24) is 5.32 Å². The summed E-state index contributed by atoms with van der Waals surface area (Å²) in [5.41, 5.74) is -0.0984. The van der Waals surface area contributed by atoms with Crippen LogP contribution in [0.4, 0.5) is 5.69 Å². The van der Waals surface area contributed by atoms with Crippen LogP contribution in [0.3, 0.4) is 0 Å². The molecule has 0 saturated heterocycles. The van der Waals surface area contributed by atoms with E-state index < -0.39 is 11.0 Å². The Hall–Kier alpha value is -2.13. The molecule has 1 rings (SSSR count). The first-order valence-corrected chi connectivity index (χ1v) is 5.56. The van der Waals surface area contributed by atoms with Crippen LogP contribution in [0.2, 0.25) is 0 Å². The molecule has 1 aromatic rings. The maximum absolute atomic E-state index is 10.8. The maximum Gasteiger partial charge on any atom is 0.310 e. The minimum atomic E-state index is -0.507. The van der Waals surface area contributed by atoms with Crippen molar-refractivity contribution in [3.05, 3.63) is 34.4 Å². The van der Waals surface area contributed by atoms with Crippen molar-refractivity contribution in [2.45, 2.75) is 25.9 Å². The maximum atomic E-state index is 10.8. The Kier molecular flexibility index (Phi) is 5.08. The van der Waals surface area contributed by atoms with Gasteiger partial charge in [-0.25, -0.2) is 0 Å². The van der Waals surface area contributed by atoms with Crippen molar-refractivity contribution in [3.63, 3.8) is 0 Å². The van der Waals surface area contributed by atoms with Gasteiger partial charge in [-0.2, -0.15) is 5.26 Å². The molecule has 0 amide bonds. The summed E-state index contributed by atoms with van der Waals surface area (Å²) < 4.78 is 5.33. The minimum Gasteiger partial charge on any atom is -0.484 e. The molecule has 0 aliphatic carbocycles. The first-order chi connectivity index (χ1) is 8.54. The number of hydrogen-bond donors (Lipinski definition) is 1. The fraction of sp³-hybridized carbons (Fsp3) is 0.417. The quantitative estimate of drug-likeness (QED) is 0.614. The lowest BCUT2D eigenvalue weighted by molar-refractivity contribution is -0.385. The Balaban J connectivity index is 2.68. The smallest absolute Gasteiger partial charge is 0.310 e. The third-order valence-electron chi connectivity index (χ3n) is 2.16. The number of nitriles is 1. The van der Waals surface area contributed by atoms with Crippen molar-refractivity contribution < 1.29 is 9.66 Å². The number of nitrogens with zero attached hydrogens (tertiary/aromatic N) is 2. The number of para-hydroxylation sites is 2. The van der Waals surface area contributed by atoms with Gasteiger partial charge in [0.1, 0.15) is 12.6 Å². The molecule has 0 saturated carbocycles. The van der Waals surface area contributed by atoms with Crippen LogP contribution in [0.25, 0.3) is 0 Å². The second-order valence-corrected chi connectivity index (χ2v) is 4.04. The van der Waals surface area contributed by atoms with E-state index in [1.807, 2.05) is 19.9 Å². The van der Waals surface area contributed by atoms with Gasteiger partial charge < -0.3 is 4.74 Å². The molecule has 1 aromatic carbocycles. The third-order valence-corrected chi connectivity index (χ3v) is 2.16. The predicted octanol–water partition coefficient (Wildman–Crippen LogP) is 1.86. The van der Waals surface area contributed by atoms with Gasteiger partial charge in [-0.05, 0) is 19.9 Å². The Morgan fingerprint density at radius 2 is 2.17 bits per heavy atom. The van der Waals surface area contributed by atoms with Gasteiger partial charge in [0.15, 0.2) is 5.75 Å². The van der Waals surface area contributed by atoms with Crippen LogP contribution in [0.5, 0.6) is 5.75 Å². The minimum absolute atomic E-state index is 0.0690. The summed E-state index contributed by atoms with van der Waals surface area (Å²) >= 11 is 0. The van der Waals surface area contributed by atoms with Crippen molar-refractivity contribution >= 4 is 5.69 Å². The fourth-order valence-electron chi connectivity index (χ4n) is 1.43. The zero-order chi connectivity index (χ0) is 13.5. The molecule has 0 radical (unpaired) electrons. The molecule has 96 valence electrons. The van der Waals surface area contributed by atoms with Crippen LogP contribution in [0, 0.1) is 21.4 Å². The zero-order valence-corrected chi connectivity index (χ0v) is 10.3. The summed E-state index contributed by atoms with van der Waals surface area (Å²) in [5, 5.41) is 22.7. The predicted molar refractivity (Wildman–Crippen MR) is 66.3 cm³/mol. The number of nitro benzene ring substituents is 1. The molecular formula is C12H15N3O3. The van der Waals surface area contributed by atoms with E-state index in [-0.39, 0.29) is 24.1 Å². The Labute approximate surface area is 105 Å². The van der Waals surface area contributed by atoms with Crippen molar-refractivity contribution in [2.75, 3.05) is 6.61 Å². The molecular weight excluding hydrogens is 234 g/mol. The van der Waals surface area contributed by atoms with Gasteiger partial charge in [0, 0.05) is 12.1 Å². The van der Waals surface area contributed by atoms with Gasteiger partial charge in [-0.3, -0.25) is 15.4 Å². The molecule has 0 aliphatic heterocycles. The molecule has 0 spiro atoms. The largest absolute Gasteiger partial charge is 0.484 e. The van der Waals surface area contributed by atoms with Gasteiger partial charge in [0.25, 0.3) is 0 Å². The summed E-state index contributed by atoms with van der Waals surface area (Å²) in [6.45, 7) is 3.89. The highest BCUT2D eigenvalue weighted by Crippen LogP contribution is 2.25. The normalized spacial score (nSPS) is 11.9. The van der Waals surface area contributed by atoms with Crippen molar-refractivity contribution in [1.29, 1.82) is 5.26 Å². The standard InChI is InChI=1S/C12H15N3O3/c1-9(2)14-10(7-13)8-18-12-6-4-3-5-11(12)15(16)17/h3-6,9-10,14H,8H2,1-2H3. The Morgan fingerprint density at radius 1 is 1.50 bits per heavy atom. The monoisotopic (exact) mass is 249 g/mol. The second kappa shape index (κ2) is 6.57. The summed E-state index contributed by atoms with van der Waals surface area (Å²) in [5.74, 6) is 0.174. The first-order valence-electron chi connectivity index (χ1n) is 5.56. The van der Waals surface area contributed by atoms with Gasteiger partial charge >= 0.3 is 5.69 Å². The highest BCUT2D eigenvalue weighted by Gasteiger charge is 2.16. The van der Waals surface area contributed by atoms with Crippen LogP contribution in [0.15, 0.2) is 24.3 Å². The van der Waals surface area contributed by atoms with Crippen LogP contribution in [0.1, 0.15) is 13.8 Å². The molecule has 1 atom stereocenters. The Bertz CT molecular complexity index is 454. The number of hydrogen-bond acceptors (Lipinski definition) is 5. The number of benzene rings is 1. The highest BCUT2D eigenvalue weighted by atomic mass is 16.6. The fourth-order valence-corrected chi connectivity index (χ4v) is 1.43. The molecule has 0 bridgehead atoms. The average molecular weight is 249 g/mol. The van der Waals surface area contributed by atoms with Crippen LogP contribution in [-0.2, 0) is 0 Å². The highest BCUT2D eigenvalue weighted by molar-refractivity contribution is 5.45. The number of nitrogens with one attached hydrogen (secondary N) is 1. The van der Waals surface area contributed by atoms with E-state index in [1.165, 1.54) is 12.1 Å². The summed E-state index contributed by atoms with van der Waals surface area (Å²) in [6, 6.07) is 7.80. The van der Waals surface area contributed by atoms with Gasteiger partial charge in [0.05, 0.1) is 11.0 Å². The van der Waals surface area contributed by atoms with E-state index in [9.17, 15) is 10.1 Å². The van der Waals surface area contributed by atoms with Crippen LogP contribution < -0.4 is 10.1 Å². The van der Waals surface area contributed by atoms with E-state index in [1.54, 1.807) is 12.1 Å². The lowest BCUT2D eigenvalue weighted by Crippen LogP contribution is -2.38. The Morgan fingerprint density at radius 3 is 2.72 bits per heavy atom. The summed E-state index contributed by atoms with van der Waals surface area (Å²) in [7, 11) is 0. The van der Waals surface area contributed by atoms with Gasteiger partial charge in [0.2, 0.25) is 0 Å². The molecule has 0 fully saturated rings. The van der Waals surface area contributed by atoms with Crippen LogP contribution in [-0.4, -0.2) is 23.6 Å². The lowest BCUT2D eigenvalue weighted by Gasteiger charge is -2.15. The topological polar surface area (TPSA) is 88.2 Å². The summed E-state index contributed by atoms with van der Waals surface area (Å²) in [6.07, 6.45) is 0. The van der Waals surface area contributed by atoms with Crippen molar-refractivity contribution in [3.8, 4) is 11.8 Å². The second-order valence-electron chi connectivity index (χ2n) is 4.04. The lowest BCUT2D eigenvalue weighted by atomic mass is 10.2. The van der Waals surface area contributed by atoms with E-state index >= 15 is 0 Å². The van der Waals surface area contributed by atoms with Gasteiger partial charge in [-0.1, -0.05) is 12.1 Å². The molecule has 6 heteroatoms. The molecule has 1 unspecified atom stereocenters. The van der Waals surface area contributed by atoms with E-state index in [4.69, 9.17) is 10.00 Å². The number of nitro groups is 1. The van der Waals surface area contributed by atoms with E-state index in [2.05, 4.69) is 5.32 Å². The average Bonchev–Trinajstić information content (AvgIpc) is 2.34. The number of rotatable bonds is 6. The molecule has 18 heavy (non-hydrogen) atoms. The SMILES string of the molecule is CC(C)NC(C#N)COc1ccccc1[N+](=O)[O-]. The number of ether oxygens (including phenoxy) is 1. The molecule has 0 heterocycles. The van der Waals surface area contributed by atoms with Gasteiger partial charge in [-0.15, -0.1) is 0 Å². The van der Waals surface area contributed by atoms with Crippen molar-refractivity contribution in [2.24, 2.45) is 0 Å². The zero-order valence-electron chi connectivity index (χ0n) is 10.3. The van der Waals surface area contributed by atoms with Crippen LogP contribution >= 0.6 is 0 Å². The molecule has 0 aromatic heterocycles. The first kappa shape index (κ1) is 13.9. The summed E-state index contributed by atoms with van der Waals surface area (Å²) in [4.78, 5) is 10.3. The van der Waals surface area contributed by atoms with E-state index in [0.29, 0.717) is 0 Å². The van der Waals surface area contributed by atoms with E-state index in [0.717, 1.165) is 0 Å².